The normalized spacial score (nSPS) is 11.4. The van der Waals surface area contributed by atoms with Gasteiger partial charge in [0.05, 0.1) is 15.9 Å². The number of hydrogen-bond acceptors (Lipinski definition) is 9. The Kier molecular flexibility index (Phi) is 8.04. The predicted molar refractivity (Wildman–Crippen MR) is 144 cm³/mol. The van der Waals surface area contributed by atoms with Crippen LogP contribution in [-0.2, 0) is 15.1 Å². The average molecular weight is 520 g/mol. The molecule has 0 saturated carbocycles. The Morgan fingerprint density at radius 2 is 1.89 bits per heavy atom. The number of nitrogens with zero attached hydrogens (tertiary/aromatic N) is 4. The Bertz CT molecular complexity index is 1390. The Morgan fingerprint density at radius 1 is 1.11 bits per heavy atom. The van der Waals surface area contributed by atoms with Crippen LogP contribution in [0.3, 0.4) is 0 Å². The van der Waals surface area contributed by atoms with Gasteiger partial charge in [-0.3, -0.25) is 15.1 Å². The van der Waals surface area contributed by atoms with E-state index >= 15 is 0 Å². The zero-order valence-electron chi connectivity index (χ0n) is 20.9. The van der Waals surface area contributed by atoms with Crippen molar-refractivity contribution >= 4 is 38.7 Å². The fourth-order valence-electron chi connectivity index (χ4n) is 3.68. The van der Waals surface area contributed by atoms with Crippen LogP contribution in [0.5, 0.6) is 0 Å². The molecular formula is C26H29N7O3S. The average Bonchev–Trinajstić information content (AvgIpc) is 3.29. The SMILES string of the molecule is CCNC(=O)Nc1nc2cc(-c3cnc(C(C)(C)OC(=O)CCCN)nc3)cc(-c3ccccn3)c2s1. The zero-order valence-corrected chi connectivity index (χ0v) is 21.8. The second-order valence-corrected chi connectivity index (χ2v) is 9.76. The highest BCUT2D eigenvalue weighted by molar-refractivity contribution is 7.22. The molecule has 0 bridgehead atoms. The fourth-order valence-corrected chi connectivity index (χ4v) is 4.65. The van der Waals surface area contributed by atoms with Crippen molar-refractivity contribution in [2.24, 2.45) is 5.73 Å². The Balaban J connectivity index is 1.68. The van der Waals surface area contributed by atoms with Gasteiger partial charge in [-0.25, -0.2) is 19.7 Å². The van der Waals surface area contributed by atoms with Crippen LogP contribution in [-0.4, -0.2) is 45.0 Å². The number of fused-ring (bicyclic) bond motifs is 1. The highest BCUT2D eigenvalue weighted by atomic mass is 32.1. The molecule has 0 unspecified atom stereocenters. The van der Waals surface area contributed by atoms with Gasteiger partial charge in [0, 0.05) is 42.7 Å². The second-order valence-electron chi connectivity index (χ2n) is 8.76. The van der Waals surface area contributed by atoms with Gasteiger partial charge in [-0.1, -0.05) is 17.4 Å². The van der Waals surface area contributed by atoms with E-state index in [0.717, 1.165) is 27.1 Å². The molecule has 10 nitrogen and oxygen atoms in total. The highest BCUT2D eigenvalue weighted by Gasteiger charge is 2.28. The predicted octanol–water partition coefficient (Wildman–Crippen LogP) is 4.47. The molecule has 4 aromatic rings. The van der Waals surface area contributed by atoms with E-state index in [0.29, 0.717) is 36.0 Å². The lowest BCUT2D eigenvalue weighted by Crippen LogP contribution is -2.28. The molecule has 4 rings (SSSR count). The lowest BCUT2D eigenvalue weighted by molar-refractivity contribution is -0.158. The third-order valence-electron chi connectivity index (χ3n) is 5.47. The number of carbonyl (C=O) groups excluding carboxylic acids is 2. The van der Waals surface area contributed by atoms with E-state index in [-0.39, 0.29) is 18.4 Å². The number of rotatable bonds is 9. The number of carbonyl (C=O) groups is 2. The third kappa shape index (κ3) is 6.25. The molecule has 2 amide bonds. The van der Waals surface area contributed by atoms with Crippen LogP contribution in [0.2, 0.25) is 0 Å². The quantitative estimate of drug-likeness (QED) is 0.275. The van der Waals surface area contributed by atoms with Crippen LogP contribution < -0.4 is 16.4 Å². The molecule has 4 N–H and O–H groups in total. The molecule has 1 aromatic carbocycles. The van der Waals surface area contributed by atoms with Gasteiger partial charge < -0.3 is 15.8 Å². The topological polar surface area (TPSA) is 145 Å². The van der Waals surface area contributed by atoms with E-state index < -0.39 is 5.60 Å². The maximum atomic E-state index is 12.1. The van der Waals surface area contributed by atoms with E-state index in [1.807, 2.05) is 37.3 Å². The van der Waals surface area contributed by atoms with E-state index in [1.54, 1.807) is 32.4 Å². The Morgan fingerprint density at radius 3 is 2.57 bits per heavy atom. The summed E-state index contributed by atoms with van der Waals surface area (Å²) in [6.45, 7) is 6.30. The summed E-state index contributed by atoms with van der Waals surface area (Å²) in [5.74, 6) is 0.0552. The minimum absolute atomic E-state index is 0.249. The number of anilines is 1. The molecule has 11 heteroatoms. The van der Waals surface area contributed by atoms with Crippen molar-refractivity contribution in [1.82, 2.24) is 25.3 Å². The number of ether oxygens (including phenoxy) is 1. The summed E-state index contributed by atoms with van der Waals surface area (Å²) in [5.41, 5.74) is 8.48. The summed E-state index contributed by atoms with van der Waals surface area (Å²) in [5, 5.41) is 5.98. The largest absolute Gasteiger partial charge is 0.451 e. The molecule has 0 spiro atoms. The van der Waals surface area contributed by atoms with E-state index in [9.17, 15) is 9.59 Å². The molecule has 3 heterocycles. The molecule has 3 aromatic heterocycles. The Labute approximate surface area is 218 Å². The number of benzene rings is 1. The van der Waals surface area contributed by atoms with Gasteiger partial charge in [-0.15, -0.1) is 0 Å². The first-order valence-electron chi connectivity index (χ1n) is 12.0. The third-order valence-corrected chi connectivity index (χ3v) is 6.49. The Hall–Kier alpha value is -3.96. The van der Waals surface area contributed by atoms with Gasteiger partial charge in [-0.05, 0) is 63.6 Å². The summed E-state index contributed by atoms with van der Waals surface area (Å²) in [6.07, 6.45) is 5.94. The number of hydrogen-bond donors (Lipinski definition) is 3. The zero-order chi connectivity index (χ0) is 26.4. The number of nitrogens with one attached hydrogen (secondary N) is 2. The van der Waals surface area contributed by atoms with Crippen molar-refractivity contribution in [3.05, 3.63) is 54.7 Å². The summed E-state index contributed by atoms with van der Waals surface area (Å²) in [7, 11) is 0. The summed E-state index contributed by atoms with van der Waals surface area (Å²) >= 11 is 1.38. The van der Waals surface area contributed by atoms with Gasteiger partial charge >= 0.3 is 12.0 Å². The number of thiazole rings is 1. The van der Waals surface area contributed by atoms with Crippen molar-refractivity contribution in [3.63, 3.8) is 0 Å². The summed E-state index contributed by atoms with van der Waals surface area (Å²) in [4.78, 5) is 42.3. The first-order valence-corrected chi connectivity index (χ1v) is 12.8. The molecule has 37 heavy (non-hydrogen) atoms. The minimum Gasteiger partial charge on any atom is -0.451 e. The monoisotopic (exact) mass is 519 g/mol. The molecular weight excluding hydrogens is 490 g/mol. The van der Waals surface area contributed by atoms with Gasteiger partial charge in [0.15, 0.2) is 16.6 Å². The lowest BCUT2D eigenvalue weighted by Gasteiger charge is -2.23. The van der Waals surface area contributed by atoms with Crippen molar-refractivity contribution in [2.45, 2.75) is 39.2 Å². The number of pyridine rings is 1. The van der Waals surface area contributed by atoms with Crippen LogP contribution in [0.25, 0.3) is 32.6 Å². The first kappa shape index (κ1) is 26.1. The fraction of sp³-hybridized carbons (Fsp3) is 0.308. The van der Waals surface area contributed by atoms with Crippen LogP contribution >= 0.6 is 11.3 Å². The summed E-state index contributed by atoms with van der Waals surface area (Å²) < 4.78 is 6.48. The number of urea groups is 1. The molecule has 0 radical (unpaired) electrons. The number of esters is 1. The van der Waals surface area contributed by atoms with Gasteiger partial charge in [0.2, 0.25) is 0 Å². The first-order chi connectivity index (χ1) is 17.8. The van der Waals surface area contributed by atoms with Crippen molar-refractivity contribution in [2.75, 3.05) is 18.4 Å². The molecule has 0 saturated heterocycles. The number of amides is 2. The lowest BCUT2D eigenvalue weighted by atomic mass is 10.0. The van der Waals surface area contributed by atoms with E-state index in [2.05, 4.69) is 30.6 Å². The van der Waals surface area contributed by atoms with Gasteiger partial charge in [-0.2, -0.15) is 0 Å². The second kappa shape index (κ2) is 11.4. The van der Waals surface area contributed by atoms with Crippen LogP contribution in [0.1, 0.15) is 39.4 Å². The summed E-state index contributed by atoms with van der Waals surface area (Å²) in [6, 6.07) is 9.33. The maximum absolute atomic E-state index is 12.1. The molecule has 0 aliphatic carbocycles. The highest BCUT2D eigenvalue weighted by Crippen LogP contribution is 2.38. The number of aromatic nitrogens is 4. The van der Waals surface area contributed by atoms with Gasteiger partial charge in [0.1, 0.15) is 0 Å². The standard InChI is InChI=1S/C26H29N7O3S/c1-4-28-24(35)33-25-32-20-13-16(12-18(22(20)37-25)19-8-5-6-11-29-19)17-14-30-23(31-15-17)26(2,3)36-21(34)9-7-10-27/h5-6,8,11-15H,4,7,9-10,27H2,1-3H3,(H2,28,32,33,35). The molecule has 0 aliphatic rings. The molecule has 0 fully saturated rings. The van der Waals surface area contributed by atoms with Crippen LogP contribution in [0.15, 0.2) is 48.9 Å². The van der Waals surface area contributed by atoms with E-state index in [4.69, 9.17) is 10.5 Å². The molecule has 192 valence electrons. The minimum atomic E-state index is -0.984. The maximum Gasteiger partial charge on any atom is 0.321 e. The van der Waals surface area contributed by atoms with Crippen molar-refractivity contribution < 1.29 is 14.3 Å². The van der Waals surface area contributed by atoms with Gasteiger partial charge in [0.25, 0.3) is 0 Å². The molecule has 0 aliphatic heterocycles. The van der Waals surface area contributed by atoms with Crippen LogP contribution in [0, 0.1) is 0 Å². The van der Waals surface area contributed by atoms with E-state index in [1.165, 1.54) is 11.3 Å². The van der Waals surface area contributed by atoms with Crippen molar-refractivity contribution in [1.29, 1.82) is 0 Å². The van der Waals surface area contributed by atoms with Crippen LogP contribution in [0.4, 0.5) is 9.93 Å². The smallest absolute Gasteiger partial charge is 0.321 e. The molecule has 0 atom stereocenters. The van der Waals surface area contributed by atoms with Crippen molar-refractivity contribution in [3.8, 4) is 22.4 Å². The number of nitrogens with two attached hydrogens (primary N) is 1.